The fourth-order valence-corrected chi connectivity index (χ4v) is 1.17. The van der Waals surface area contributed by atoms with Crippen LogP contribution in [0.15, 0.2) is 0 Å². The molecule has 0 aliphatic rings. The highest BCUT2D eigenvalue weighted by molar-refractivity contribution is 5.85. The molecule has 0 rings (SSSR count). The van der Waals surface area contributed by atoms with Gasteiger partial charge in [0.2, 0.25) is 5.91 Å². The summed E-state index contributed by atoms with van der Waals surface area (Å²) < 4.78 is 4.64. The van der Waals surface area contributed by atoms with Gasteiger partial charge in [0, 0.05) is 5.92 Å². The Hall–Kier alpha value is -1.06. The summed E-state index contributed by atoms with van der Waals surface area (Å²) in [5.74, 6) is -0.283. The van der Waals surface area contributed by atoms with Crippen molar-refractivity contribution in [2.45, 2.75) is 40.2 Å². The van der Waals surface area contributed by atoms with Gasteiger partial charge >= 0.3 is 5.97 Å². The molecule has 4 nitrogen and oxygen atoms in total. The summed E-state index contributed by atoms with van der Waals surface area (Å²) >= 11 is 0. The Labute approximate surface area is 91.4 Å². The van der Waals surface area contributed by atoms with E-state index in [1.807, 2.05) is 13.8 Å². The number of hydrogen-bond donors (Lipinski definition) is 1. The molecule has 0 spiro atoms. The molecule has 1 amide bonds. The summed E-state index contributed by atoms with van der Waals surface area (Å²) in [5, 5.41) is 2.68. The minimum absolute atomic E-state index is 0.119. The van der Waals surface area contributed by atoms with E-state index in [1.165, 1.54) is 7.11 Å². The Morgan fingerprint density at radius 2 is 1.73 bits per heavy atom. The second-order valence-electron chi connectivity index (χ2n) is 4.37. The standard InChI is InChI=1S/C11H21NO3/c1-7(2)6-9(11(14)15-5)12-10(13)8(3)4/h7-9H,6H2,1-5H3,(H,12,13)/t9-/m0/s1. The van der Waals surface area contributed by atoms with Crippen LogP contribution in [0.2, 0.25) is 0 Å². The summed E-state index contributed by atoms with van der Waals surface area (Å²) in [6.45, 7) is 7.58. The Kier molecular flexibility index (Phi) is 5.97. The van der Waals surface area contributed by atoms with Gasteiger partial charge in [0.25, 0.3) is 0 Å². The number of methoxy groups -OCH3 is 1. The van der Waals surface area contributed by atoms with Gasteiger partial charge < -0.3 is 10.1 Å². The monoisotopic (exact) mass is 215 g/mol. The molecule has 0 fully saturated rings. The Morgan fingerprint density at radius 3 is 2.07 bits per heavy atom. The van der Waals surface area contributed by atoms with E-state index in [4.69, 9.17) is 0 Å². The van der Waals surface area contributed by atoms with Gasteiger partial charge in [-0.25, -0.2) is 4.79 Å². The van der Waals surface area contributed by atoms with Crippen molar-refractivity contribution in [1.82, 2.24) is 5.32 Å². The Bertz CT molecular complexity index is 224. The predicted octanol–water partition coefficient (Wildman–Crippen LogP) is 1.35. The van der Waals surface area contributed by atoms with E-state index in [9.17, 15) is 9.59 Å². The van der Waals surface area contributed by atoms with Gasteiger partial charge in [-0.3, -0.25) is 4.79 Å². The van der Waals surface area contributed by atoms with Crippen LogP contribution in [0.1, 0.15) is 34.1 Å². The first-order valence-corrected chi connectivity index (χ1v) is 5.26. The van der Waals surface area contributed by atoms with Crippen molar-refractivity contribution >= 4 is 11.9 Å². The maximum atomic E-state index is 11.4. The van der Waals surface area contributed by atoms with Crippen molar-refractivity contribution in [2.75, 3.05) is 7.11 Å². The second kappa shape index (κ2) is 6.43. The molecule has 0 aliphatic carbocycles. The number of esters is 1. The summed E-state index contributed by atoms with van der Waals surface area (Å²) in [6.07, 6.45) is 0.602. The lowest BCUT2D eigenvalue weighted by Crippen LogP contribution is -2.44. The van der Waals surface area contributed by atoms with Crippen LogP contribution < -0.4 is 5.32 Å². The second-order valence-corrected chi connectivity index (χ2v) is 4.37. The zero-order valence-electron chi connectivity index (χ0n) is 10.2. The number of hydrogen-bond acceptors (Lipinski definition) is 3. The molecule has 0 saturated carbocycles. The van der Waals surface area contributed by atoms with Crippen molar-refractivity contribution < 1.29 is 14.3 Å². The van der Waals surface area contributed by atoms with Crippen molar-refractivity contribution in [2.24, 2.45) is 11.8 Å². The van der Waals surface area contributed by atoms with E-state index in [0.717, 1.165) is 0 Å². The van der Waals surface area contributed by atoms with E-state index in [2.05, 4.69) is 10.1 Å². The minimum Gasteiger partial charge on any atom is -0.467 e. The third-order valence-corrected chi connectivity index (χ3v) is 2.03. The first-order valence-electron chi connectivity index (χ1n) is 5.26. The van der Waals surface area contributed by atoms with Gasteiger partial charge in [-0.2, -0.15) is 0 Å². The molecule has 0 radical (unpaired) electrons. The molecule has 1 N–H and O–H groups in total. The van der Waals surface area contributed by atoms with E-state index < -0.39 is 6.04 Å². The van der Waals surface area contributed by atoms with Crippen molar-refractivity contribution in [3.05, 3.63) is 0 Å². The number of rotatable bonds is 5. The van der Waals surface area contributed by atoms with E-state index in [0.29, 0.717) is 12.3 Å². The third kappa shape index (κ3) is 5.40. The first-order chi connectivity index (χ1) is 6.88. The quantitative estimate of drug-likeness (QED) is 0.704. The molecule has 0 aromatic heterocycles. The molecule has 0 bridgehead atoms. The van der Waals surface area contributed by atoms with Gasteiger partial charge in [0.15, 0.2) is 0 Å². The summed E-state index contributed by atoms with van der Waals surface area (Å²) in [6, 6.07) is -0.523. The Balaban J connectivity index is 4.37. The van der Waals surface area contributed by atoms with E-state index in [-0.39, 0.29) is 17.8 Å². The third-order valence-electron chi connectivity index (χ3n) is 2.03. The normalized spacial score (nSPS) is 12.7. The molecular weight excluding hydrogens is 194 g/mol. The number of amides is 1. The molecule has 0 aromatic rings. The van der Waals surface area contributed by atoms with Crippen LogP contribution in [0.5, 0.6) is 0 Å². The lowest BCUT2D eigenvalue weighted by atomic mass is 10.0. The highest BCUT2D eigenvalue weighted by atomic mass is 16.5. The molecule has 0 aromatic carbocycles. The summed E-state index contributed by atoms with van der Waals surface area (Å²) in [5.41, 5.74) is 0. The van der Waals surface area contributed by atoms with Crippen molar-refractivity contribution in [3.8, 4) is 0 Å². The topological polar surface area (TPSA) is 55.4 Å². The van der Waals surface area contributed by atoms with Gasteiger partial charge in [-0.15, -0.1) is 0 Å². The van der Waals surface area contributed by atoms with Crippen LogP contribution in [-0.2, 0) is 14.3 Å². The fraction of sp³-hybridized carbons (Fsp3) is 0.818. The summed E-state index contributed by atoms with van der Waals surface area (Å²) in [7, 11) is 1.33. The van der Waals surface area contributed by atoms with Crippen LogP contribution in [0.3, 0.4) is 0 Å². The number of carbonyl (C=O) groups is 2. The predicted molar refractivity (Wildman–Crippen MR) is 58.2 cm³/mol. The SMILES string of the molecule is COC(=O)[C@H](CC(C)C)NC(=O)C(C)C. The number of nitrogens with one attached hydrogen (secondary N) is 1. The maximum absolute atomic E-state index is 11.4. The van der Waals surface area contributed by atoms with Crippen LogP contribution in [-0.4, -0.2) is 25.0 Å². The van der Waals surface area contributed by atoms with Gasteiger partial charge in [0.05, 0.1) is 7.11 Å². The summed E-state index contributed by atoms with van der Waals surface area (Å²) in [4.78, 5) is 22.8. The average molecular weight is 215 g/mol. The van der Waals surface area contributed by atoms with Gasteiger partial charge in [-0.1, -0.05) is 27.7 Å². The minimum atomic E-state index is -0.523. The molecular formula is C11H21NO3. The molecule has 15 heavy (non-hydrogen) atoms. The molecule has 0 aliphatic heterocycles. The highest BCUT2D eigenvalue weighted by Crippen LogP contribution is 2.07. The van der Waals surface area contributed by atoms with Crippen molar-refractivity contribution in [3.63, 3.8) is 0 Å². The molecule has 0 saturated heterocycles. The number of ether oxygens (including phenoxy) is 1. The largest absolute Gasteiger partial charge is 0.467 e. The first kappa shape index (κ1) is 13.9. The number of carbonyl (C=O) groups excluding carboxylic acids is 2. The van der Waals surface area contributed by atoms with Crippen molar-refractivity contribution in [1.29, 1.82) is 0 Å². The lowest BCUT2D eigenvalue weighted by molar-refractivity contribution is -0.145. The van der Waals surface area contributed by atoms with E-state index in [1.54, 1.807) is 13.8 Å². The zero-order chi connectivity index (χ0) is 12.0. The molecule has 1 atom stereocenters. The molecule has 88 valence electrons. The van der Waals surface area contributed by atoms with Crippen LogP contribution in [0.25, 0.3) is 0 Å². The fourth-order valence-electron chi connectivity index (χ4n) is 1.17. The Morgan fingerprint density at radius 1 is 1.20 bits per heavy atom. The maximum Gasteiger partial charge on any atom is 0.328 e. The highest BCUT2D eigenvalue weighted by Gasteiger charge is 2.23. The molecule has 0 unspecified atom stereocenters. The smallest absolute Gasteiger partial charge is 0.328 e. The lowest BCUT2D eigenvalue weighted by Gasteiger charge is -2.19. The average Bonchev–Trinajstić information content (AvgIpc) is 2.14. The zero-order valence-corrected chi connectivity index (χ0v) is 10.2. The van der Waals surface area contributed by atoms with Gasteiger partial charge in [0.1, 0.15) is 6.04 Å². The molecule has 0 heterocycles. The van der Waals surface area contributed by atoms with Crippen LogP contribution >= 0.6 is 0 Å². The van der Waals surface area contributed by atoms with E-state index >= 15 is 0 Å². The van der Waals surface area contributed by atoms with Gasteiger partial charge in [-0.05, 0) is 12.3 Å². The molecule has 4 heteroatoms. The van der Waals surface area contributed by atoms with Crippen LogP contribution in [0, 0.1) is 11.8 Å². The van der Waals surface area contributed by atoms with Crippen LogP contribution in [0.4, 0.5) is 0 Å².